The standard InChI is InChI=1S/C23H36O2.2C23H38O2.2C22H36O2/c1-4-22(2,3)21(24)25-23(20-13-14-5-6-17(20)8-14)18-9-15-7-16(11-18)12-19(23)10-15;1-5-22(3,4)21(24)25-23(18-8-6-15(2)7-9-18)19-11-16-10-17(13-19)14-20(23)12-16;1-5-22(3,4)21(24)25-23(18-8-6-7-15(2)9-18)19-11-16-10-17(13-19)14-20(23)12-16;1-5-21(3,4)20(23)24-22(19-8-6-7-14(19)2)17-10-15-9-16(12-17)13-18(22)11-15;1-4-21(2,3)20(23)24-22(17-8-6-5-7-9-17)18-11-15-10-16(13-18)14-19(22)12-15/h14-20H,4-13H2,1-3H3;2*15-20H,5-14H2,1-4H3;14-19H,5-13H2,1-4H3;15-19H,4-14H2,1-3H3. The van der Waals surface area contributed by atoms with Crippen LogP contribution in [-0.2, 0) is 47.7 Å². The largest absolute Gasteiger partial charge is 0.458 e. The van der Waals surface area contributed by atoms with E-state index >= 15 is 0 Å². The molecule has 0 N–H and O–H groups in total. The van der Waals surface area contributed by atoms with Gasteiger partial charge in [0.25, 0.3) is 0 Å². The molecule has 123 heavy (non-hydrogen) atoms. The zero-order valence-corrected chi connectivity index (χ0v) is 82.3. The Morgan fingerprint density at radius 2 is 0.488 bits per heavy atom. The van der Waals surface area contributed by atoms with Gasteiger partial charge in [-0.3, -0.25) is 24.0 Å². The summed E-state index contributed by atoms with van der Waals surface area (Å²) >= 11 is 0. The first-order valence-corrected chi connectivity index (χ1v) is 54.6. The van der Waals surface area contributed by atoms with E-state index in [9.17, 15) is 24.0 Å². The van der Waals surface area contributed by atoms with Crippen molar-refractivity contribution in [3.63, 3.8) is 0 Å². The van der Waals surface area contributed by atoms with Crippen molar-refractivity contribution in [2.45, 2.75) is 474 Å². The molecule has 10 nitrogen and oxygen atoms in total. The molecule has 696 valence electrons. The maximum atomic E-state index is 13.2. The molecule has 22 bridgehead atoms. The van der Waals surface area contributed by atoms with E-state index in [1.807, 2.05) is 0 Å². The average Bonchev–Trinajstić information content (AvgIpc) is 1.71. The highest BCUT2D eigenvalue weighted by Crippen LogP contribution is 2.72. The Labute approximate surface area is 751 Å². The Balaban J connectivity index is 0.000000109. The average molecular weight is 1700 g/mol. The molecule has 26 rings (SSSR count). The van der Waals surface area contributed by atoms with Crippen molar-refractivity contribution in [3.05, 3.63) is 0 Å². The van der Waals surface area contributed by atoms with Crippen LogP contribution in [0, 0.1) is 205 Å². The van der Waals surface area contributed by atoms with Crippen LogP contribution in [0.4, 0.5) is 0 Å². The van der Waals surface area contributed by atoms with Crippen molar-refractivity contribution in [2.75, 3.05) is 0 Å². The van der Waals surface area contributed by atoms with E-state index < -0.39 is 0 Å². The highest BCUT2D eigenvalue weighted by molar-refractivity contribution is 5.79. The second-order valence-corrected chi connectivity index (χ2v) is 53.0. The van der Waals surface area contributed by atoms with E-state index in [1.165, 1.54) is 289 Å². The van der Waals surface area contributed by atoms with Crippen molar-refractivity contribution < 1.29 is 47.7 Å². The summed E-state index contributed by atoms with van der Waals surface area (Å²) in [6.07, 6.45) is 65.0. The summed E-state index contributed by atoms with van der Waals surface area (Å²) in [5.74, 6) is 23.6. The number of rotatable bonds is 20. The van der Waals surface area contributed by atoms with Gasteiger partial charge in [-0.1, -0.05) is 120 Å². The summed E-state index contributed by atoms with van der Waals surface area (Å²) < 4.78 is 33.6. The van der Waals surface area contributed by atoms with E-state index in [1.54, 1.807) is 0 Å². The van der Waals surface area contributed by atoms with Crippen LogP contribution in [-0.4, -0.2) is 57.9 Å². The second kappa shape index (κ2) is 35.4. The van der Waals surface area contributed by atoms with Gasteiger partial charge in [0.2, 0.25) is 0 Å². The lowest BCUT2D eigenvalue weighted by molar-refractivity contribution is -0.241. The Bertz CT molecular complexity index is 3530. The van der Waals surface area contributed by atoms with Gasteiger partial charge >= 0.3 is 29.8 Å². The lowest BCUT2D eigenvalue weighted by atomic mass is 9.46. The summed E-state index contributed by atoms with van der Waals surface area (Å²) in [7, 11) is 0. The molecule has 10 heteroatoms. The van der Waals surface area contributed by atoms with Gasteiger partial charge in [0.05, 0.1) is 27.1 Å². The topological polar surface area (TPSA) is 132 Å². The Hall–Kier alpha value is -2.65. The van der Waals surface area contributed by atoms with Crippen molar-refractivity contribution in [2.24, 2.45) is 205 Å². The van der Waals surface area contributed by atoms with Crippen LogP contribution in [0.2, 0.25) is 0 Å². The molecule has 0 amide bonds. The number of carbonyl (C=O) groups excluding carboxylic acids is 5. The van der Waals surface area contributed by atoms with E-state index in [2.05, 4.69) is 125 Å². The van der Waals surface area contributed by atoms with E-state index in [4.69, 9.17) is 23.7 Å². The fourth-order valence-corrected chi connectivity index (χ4v) is 36.0. The predicted molar refractivity (Wildman–Crippen MR) is 494 cm³/mol. The number of hydrogen-bond donors (Lipinski definition) is 0. The van der Waals surface area contributed by atoms with Gasteiger partial charge in [0, 0.05) is 11.8 Å². The number of fused-ring (bicyclic) bond motifs is 2. The molecule has 26 saturated carbocycles. The van der Waals surface area contributed by atoms with Crippen LogP contribution >= 0.6 is 0 Å². The molecule has 7 atom stereocenters. The number of hydrogen-bond acceptors (Lipinski definition) is 10. The van der Waals surface area contributed by atoms with Gasteiger partial charge in [0.15, 0.2) is 0 Å². The molecule has 0 radical (unpaired) electrons. The SMILES string of the molecule is CCC(C)(C)C(=O)OC1(C2CC3CCC2C3)C2CC3CC(C2)CC1C3.CCC(C)(C)C(=O)OC1(C2CCC(C)CC2)C2CC3CC(C2)CC1C3.CCC(C)(C)C(=O)OC1(C2CCCC(C)C2)C2CC3CC(C2)CC1C3.CCC(C)(C)C(=O)OC1(C2CCCC2C)C2CC3CC(C2)CC1C3.CCC(C)(C)C(=O)OC1(C2CCCCC2)C2CC3CC(C2)CC1C3. The van der Waals surface area contributed by atoms with Gasteiger partial charge < -0.3 is 23.7 Å². The van der Waals surface area contributed by atoms with Crippen LogP contribution in [0.3, 0.4) is 0 Å². The zero-order chi connectivity index (χ0) is 87.1. The van der Waals surface area contributed by atoms with Gasteiger partial charge in [0.1, 0.15) is 28.0 Å². The first kappa shape index (κ1) is 92.2. The second-order valence-electron chi connectivity index (χ2n) is 53.0. The first-order valence-electron chi connectivity index (χ1n) is 54.6. The third kappa shape index (κ3) is 16.8. The number of esters is 5. The maximum absolute atomic E-state index is 13.2. The number of ether oxygens (including phenoxy) is 5. The molecule has 0 saturated heterocycles. The molecular weight excluding hydrogens is 1520 g/mol. The highest BCUT2D eigenvalue weighted by atomic mass is 16.6. The quantitative estimate of drug-likeness (QED) is 0.0857. The summed E-state index contributed by atoms with van der Waals surface area (Å²) in [6.45, 7) is 38.5. The molecule has 26 aliphatic carbocycles. The minimum atomic E-state index is -0.345. The van der Waals surface area contributed by atoms with Gasteiger partial charge in [-0.15, -0.1) is 0 Å². The fourth-order valence-electron chi connectivity index (χ4n) is 36.0. The van der Waals surface area contributed by atoms with E-state index in [-0.39, 0.29) is 84.9 Å². The Morgan fingerprint density at radius 3 is 0.756 bits per heavy atom. The summed E-state index contributed by atoms with van der Waals surface area (Å²) in [6, 6.07) is 0. The molecule has 0 aliphatic heterocycles. The Kier molecular flexibility index (Phi) is 26.5. The summed E-state index contributed by atoms with van der Waals surface area (Å²) in [4.78, 5) is 65.9. The van der Waals surface area contributed by atoms with E-state index in [0.717, 1.165) is 121 Å². The Morgan fingerprint density at radius 1 is 0.220 bits per heavy atom. The van der Waals surface area contributed by atoms with Crippen LogP contribution in [0.1, 0.15) is 446 Å². The third-order valence-corrected chi connectivity index (χ3v) is 43.8. The molecular formula is C113H184O10. The van der Waals surface area contributed by atoms with Crippen molar-refractivity contribution in [1.29, 1.82) is 0 Å². The van der Waals surface area contributed by atoms with Crippen molar-refractivity contribution >= 4 is 29.8 Å². The minimum absolute atomic E-state index is 0.0802. The molecule has 0 heterocycles. The molecule has 26 fully saturated rings. The molecule has 26 aliphatic rings. The zero-order valence-electron chi connectivity index (χ0n) is 82.3. The molecule has 0 aromatic heterocycles. The van der Waals surface area contributed by atoms with Gasteiger partial charge in [-0.2, -0.15) is 0 Å². The van der Waals surface area contributed by atoms with Crippen molar-refractivity contribution in [3.8, 4) is 0 Å². The maximum Gasteiger partial charge on any atom is 0.312 e. The lowest BCUT2D eigenvalue weighted by Gasteiger charge is -2.63. The molecule has 0 aromatic carbocycles. The van der Waals surface area contributed by atoms with Crippen LogP contribution in [0.15, 0.2) is 0 Å². The highest BCUT2D eigenvalue weighted by Gasteiger charge is 2.71. The van der Waals surface area contributed by atoms with Crippen LogP contribution in [0.25, 0.3) is 0 Å². The first-order chi connectivity index (χ1) is 58.4. The fraction of sp³-hybridized carbons (Fsp3) is 0.956. The van der Waals surface area contributed by atoms with Crippen molar-refractivity contribution in [1.82, 2.24) is 0 Å². The number of carbonyl (C=O) groups is 5. The predicted octanol–water partition coefficient (Wildman–Crippen LogP) is 28.9. The summed E-state index contributed by atoms with van der Waals surface area (Å²) in [5.41, 5.74) is -2.24. The molecule has 0 spiro atoms. The summed E-state index contributed by atoms with van der Waals surface area (Å²) in [5, 5.41) is 0. The molecule has 0 aromatic rings. The van der Waals surface area contributed by atoms with Gasteiger partial charge in [-0.05, 0) is 492 Å². The normalized spacial score (nSPS) is 46.5. The van der Waals surface area contributed by atoms with Gasteiger partial charge in [-0.25, -0.2) is 0 Å². The minimum Gasteiger partial charge on any atom is -0.458 e. The van der Waals surface area contributed by atoms with Crippen LogP contribution < -0.4 is 0 Å². The smallest absolute Gasteiger partial charge is 0.312 e. The third-order valence-electron chi connectivity index (χ3n) is 43.8. The van der Waals surface area contributed by atoms with E-state index in [0.29, 0.717) is 88.8 Å². The lowest BCUT2D eigenvalue weighted by Crippen LogP contribution is -2.64. The monoisotopic (exact) mass is 1700 g/mol. The van der Waals surface area contributed by atoms with Crippen LogP contribution in [0.5, 0.6) is 0 Å². The molecule has 7 unspecified atom stereocenters.